The van der Waals surface area contributed by atoms with Gasteiger partial charge in [0, 0.05) is 13.2 Å². The molecule has 6 N–H and O–H groups in total. The molecule has 1 unspecified atom stereocenters. The number of aliphatic hydroxyl groups excluding tert-OH is 2. The summed E-state index contributed by atoms with van der Waals surface area (Å²) in [6.07, 6.45) is 0.178. The predicted octanol–water partition coefficient (Wildman–Crippen LogP) is -0.263. The molecule has 244 valence electrons. The molecular formula is C23H35ClN9O10P. The average Bonchev–Trinajstić information content (AvgIpc) is 3.79. The van der Waals surface area contributed by atoms with Crippen LogP contribution in [0.15, 0.2) is 6.20 Å². The second-order valence-corrected chi connectivity index (χ2v) is 12.7. The zero-order valence-corrected chi connectivity index (χ0v) is 25.4. The Kier molecular flexibility index (Phi) is 10.7. The second-order valence-electron chi connectivity index (χ2n) is 10.5. The van der Waals surface area contributed by atoms with Crippen molar-refractivity contribution in [3.8, 4) is 0 Å². The molecule has 21 heteroatoms. The van der Waals surface area contributed by atoms with Crippen LogP contribution in [0, 0.1) is 0 Å². The van der Waals surface area contributed by atoms with Gasteiger partial charge in [0.1, 0.15) is 30.7 Å². The van der Waals surface area contributed by atoms with Crippen molar-refractivity contribution in [2.45, 2.75) is 68.2 Å². The number of halogens is 1. The van der Waals surface area contributed by atoms with Crippen LogP contribution in [-0.4, -0.2) is 130 Å². The van der Waals surface area contributed by atoms with Crippen LogP contribution in [-0.2, 0) is 34.9 Å². The Morgan fingerprint density at radius 2 is 1.95 bits per heavy atom. The van der Waals surface area contributed by atoms with E-state index in [0.717, 1.165) is 25.7 Å². The average molecular weight is 664 g/mol. The first-order valence-electron chi connectivity index (χ1n) is 13.9. The van der Waals surface area contributed by atoms with E-state index in [4.69, 9.17) is 35.3 Å². The lowest BCUT2D eigenvalue weighted by Gasteiger charge is -2.34. The number of hydrogen-bond acceptors (Lipinski definition) is 15. The van der Waals surface area contributed by atoms with Gasteiger partial charge in [-0.25, -0.2) is 4.68 Å². The number of aliphatic hydroxyl groups is 2. The molecule has 5 atom stereocenters. The number of nitrogens with zero attached hydrogens (tertiary/aromatic N) is 7. The molecule has 0 spiro atoms. The van der Waals surface area contributed by atoms with E-state index in [0.29, 0.717) is 11.2 Å². The van der Waals surface area contributed by atoms with E-state index < -0.39 is 57.3 Å². The number of fused-ring (bicyclic) bond motifs is 1. The van der Waals surface area contributed by atoms with Gasteiger partial charge in [0.15, 0.2) is 17.7 Å². The number of hydrogen-bond donors (Lipinski definition) is 6. The minimum atomic E-state index is -5.11. The highest BCUT2D eigenvalue weighted by atomic mass is 35.5. The van der Waals surface area contributed by atoms with Crippen LogP contribution in [0.5, 0.6) is 0 Å². The van der Waals surface area contributed by atoms with Crippen molar-refractivity contribution in [1.82, 2.24) is 40.4 Å². The van der Waals surface area contributed by atoms with Gasteiger partial charge < -0.3 is 49.0 Å². The molecule has 0 radical (unpaired) electrons. The standard InChI is InChI=1S/C23H35ClN9O10P/c1-39-6-7-40-11-23(44(36,37)38,12-41-10-16-29-31-32-30-16)42-9-15-17(34)18(35)21(43-15)33-20-14(8-25-33)19(27-22(24)28-20)26-13-4-2-3-5-13/h8,13,15,17-18,21,34-35H,2-7,9-12H2,1H3,(H,26,27,28)(H2,36,37,38)(H,29,30,31,32)/t15-,17-,18-,21?,23-/m1/s1. The number of methoxy groups -OCH3 is 1. The van der Waals surface area contributed by atoms with Gasteiger partial charge in [0.2, 0.25) is 10.6 Å². The maximum absolute atomic E-state index is 12.8. The molecule has 19 nitrogen and oxygen atoms in total. The monoisotopic (exact) mass is 663 g/mol. The number of ether oxygens (including phenoxy) is 5. The molecule has 0 bridgehead atoms. The highest BCUT2D eigenvalue weighted by Crippen LogP contribution is 2.52. The summed E-state index contributed by atoms with van der Waals surface area (Å²) < 4.78 is 41.6. The molecule has 1 aliphatic carbocycles. The third-order valence-corrected chi connectivity index (χ3v) is 9.07. The molecule has 1 aliphatic heterocycles. The summed E-state index contributed by atoms with van der Waals surface area (Å²) in [5.74, 6) is 0.633. The van der Waals surface area contributed by atoms with Gasteiger partial charge in [-0.1, -0.05) is 18.1 Å². The van der Waals surface area contributed by atoms with Gasteiger partial charge in [-0.3, -0.25) is 4.57 Å². The van der Waals surface area contributed by atoms with Crippen molar-refractivity contribution >= 4 is 36.0 Å². The number of H-pyrrole nitrogens is 1. The summed E-state index contributed by atoms with van der Waals surface area (Å²) >= 11 is 6.22. The summed E-state index contributed by atoms with van der Waals surface area (Å²) in [4.78, 5) is 29.3. The molecule has 5 rings (SSSR count). The van der Waals surface area contributed by atoms with E-state index in [1.807, 2.05) is 0 Å². The van der Waals surface area contributed by atoms with Crippen molar-refractivity contribution in [2.75, 3.05) is 45.5 Å². The first-order valence-corrected chi connectivity index (χ1v) is 15.9. The number of nitrogens with one attached hydrogen (secondary N) is 2. The second kappa shape index (κ2) is 14.3. The molecule has 1 saturated heterocycles. The molecule has 0 amide bonds. The zero-order valence-electron chi connectivity index (χ0n) is 23.7. The highest BCUT2D eigenvalue weighted by molar-refractivity contribution is 7.53. The number of aromatic nitrogens is 8. The Balaban J connectivity index is 1.32. The fraction of sp³-hybridized carbons (Fsp3) is 0.739. The number of rotatable bonds is 16. The zero-order chi connectivity index (χ0) is 31.3. The quantitative estimate of drug-likeness (QED) is 0.0655. The number of anilines is 1. The molecule has 3 aromatic heterocycles. The molecule has 1 saturated carbocycles. The minimum Gasteiger partial charge on any atom is -0.387 e. The lowest BCUT2D eigenvalue weighted by Crippen LogP contribution is -2.46. The normalized spacial score (nSPS) is 24.3. The summed E-state index contributed by atoms with van der Waals surface area (Å²) in [5.41, 5.74) is 0.259. The maximum Gasteiger partial charge on any atom is 0.361 e. The van der Waals surface area contributed by atoms with E-state index in [1.165, 1.54) is 18.0 Å². The van der Waals surface area contributed by atoms with Crippen LogP contribution in [0.2, 0.25) is 5.28 Å². The lowest BCUT2D eigenvalue weighted by atomic mass is 10.1. The largest absolute Gasteiger partial charge is 0.387 e. The van der Waals surface area contributed by atoms with Gasteiger partial charge in [0.05, 0.1) is 44.6 Å². The van der Waals surface area contributed by atoms with Crippen molar-refractivity contribution in [3.05, 3.63) is 17.3 Å². The van der Waals surface area contributed by atoms with Crippen LogP contribution in [0.4, 0.5) is 5.82 Å². The van der Waals surface area contributed by atoms with Crippen LogP contribution in [0.1, 0.15) is 37.7 Å². The van der Waals surface area contributed by atoms with E-state index in [1.54, 1.807) is 0 Å². The summed E-state index contributed by atoms with van der Waals surface area (Å²) in [6, 6.07) is 0.230. The van der Waals surface area contributed by atoms with E-state index >= 15 is 0 Å². The number of aromatic amines is 1. The van der Waals surface area contributed by atoms with Crippen molar-refractivity contribution in [1.29, 1.82) is 0 Å². The van der Waals surface area contributed by atoms with Gasteiger partial charge >= 0.3 is 7.60 Å². The van der Waals surface area contributed by atoms with Gasteiger partial charge in [-0.15, -0.1) is 10.2 Å². The third-order valence-electron chi connectivity index (χ3n) is 7.46. The first kappa shape index (κ1) is 33.0. The van der Waals surface area contributed by atoms with Crippen molar-refractivity contribution < 1.29 is 48.2 Å². The smallest absolute Gasteiger partial charge is 0.361 e. The van der Waals surface area contributed by atoms with E-state index in [2.05, 4.69) is 41.0 Å². The van der Waals surface area contributed by atoms with E-state index in [-0.39, 0.29) is 42.6 Å². The van der Waals surface area contributed by atoms with Gasteiger partial charge in [0.25, 0.3) is 0 Å². The van der Waals surface area contributed by atoms with Crippen molar-refractivity contribution in [3.63, 3.8) is 0 Å². The highest BCUT2D eigenvalue weighted by Gasteiger charge is 2.52. The summed E-state index contributed by atoms with van der Waals surface area (Å²) in [5, 5.41) is 40.8. The Morgan fingerprint density at radius 3 is 2.66 bits per heavy atom. The van der Waals surface area contributed by atoms with Crippen LogP contribution in [0.3, 0.4) is 0 Å². The fourth-order valence-corrected chi connectivity index (χ4v) is 5.99. The third kappa shape index (κ3) is 7.34. The Morgan fingerprint density at radius 1 is 1.18 bits per heavy atom. The Labute approximate surface area is 255 Å². The molecular weight excluding hydrogens is 629 g/mol. The molecule has 3 aromatic rings. The van der Waals surface area contributed by atoms with Crippen LogP contribution < -0.4 is 5.32 Å². The minimum absolute atomic E-state index is 0.00414. The fourth-order valence-electron chi connectivity index (χ4n) is 5.06. The summed E-state index contributed by atoms with van der Waals surface area (Å²) in [7, 11) is -3.66. The lowest BCUT2D eigenvalue weighted by molar-refractivity contribution is -0.140. The van der Waals surface area contributed by atoms with Crippen LogP contribution in [0.25, 0.3) is 11.0 Å². The van der Waals surface area contributed by atoms with Crippen molar-refractivity contribution in [2.24, 2.45) is 0 Å². The molecule has 2 aliphatic rings. The first-order chi connectivity index (χ1) is 21.1. The van der Waals surface area contributed by atoms with Crippen LogP contribution >= 0.6 is 19.2 Å². The number of tetrazole rings is 1. The van der Waals surface area contributed by atoms with Gasteiger partial charge in [-0.2, -0.15) is 20.3 Å². The van der Waals surface area contributed by atoms with E-state index in [9.17, 15) is 24.6 Å². The maximum atomic E-state index is 12.8. The molecule has 4 heterocycles. The molecule has 0 aromatic carbocycles. The Bertz CT molecular complexity index is 1410. The molecule has 44 heavy (non-hydrogen) atoms. The summed E-state index contributed by atoms with van der Waals surface area (Å²) in [6.45, 7) is -1.89. The predicted molar refractivity (Wildman–Crippen MR) is 149 cm³/mol. The van der Waals surface area contributed by atoms with Gasteiger partial charge in [-0.05, 0) is 24.4 Å². The molecule has 2 fully saturated rings. The topological polar surface area (TPSA) is 254 Å². The Hall–Kier alpha value is -2.42. The SMILES string of the molecule is COCCOC[C@@](COCc1nn[nH]n1)(OC[C@H]1OC(n2ncc3c(NC4CCCC4)nc(Cl)nc32)[C@H](O)[C@@H]1O)P(=O)(O)O.